The third kappa shape index (κ3) is 3.89. The Hall–Kier alpha value is -2.64. The molecule has 0 aliphatic rings. The van der Waals surface area contributed by atoms with Crippen LogP contribution < -0.4 is 5.32 Å². The smallest absolute Gasteiger partial charge is 0.331 e. The fourth-order valence-electron chi connectivity index (χ4n) is 2.18. The predicted octanol–water partition coefficient (Wildman–Crippen LogP) is 3.17. The van der Waals surface area contributed by atoms with E-state index in [1.54, 1.807) is 41.8 Å². The van der Waals surface area contributed by atoms with Crippen molar-refractivity contribution >= 4 is 45.9 Å². The van der Waals surface area contributed by atoms with Gasteiger partial charge in [0.05, 0.1) is 5.69 Å². The molecular weight excluding hydrogens is 362 g/mol. The van der Waals surface area contributed by atoms with Gasteiger partial charge >= 0.3 is 5.97 Å². The predicted molar refractivity (Wildman–Crippen MR) is 96.7 cm³/mol. The Labute approximate surface area is 152 Å². The van der Waals surface area contributed by atoms with Crippen LogP contribution in [0, 0.1) is 0 Å². The second-order valence-electron chi connectivity index (χ2n) is 5.05. The van der Waals surface area contributed by atoms with E-state index >= 15 is 0 Å². The maximum atomic E-state index is 11.9. The van der Waals surface area contributed by atoms with Gasteiger partial charge in [0.1, 0.15) is 6.61 Å². The molecule has 2 heterocycles. The molecule has 0 atom stereocenters. The highest BCUT2D eigenvalue weighted by molar-refractivity contribution is 7.15. The van der Waals surface area contributed by atoms with Crippen LogP contribution in [0.1, 0.15) is 21.6 Å². The molecule has 8 heteroatoms. The van der Waals surface area contributed by atoms with Crippen molar-refractivity contribution in [2.24, 2.45) is 0 Å². The number of imidazole rings is 1. The minimum atomic E-state index is -0.489. The summed E-state index contributed by atoms with van der Waals surface area (Å²) in [5.41, 5.74) is 1.97. The van der Waals surface area contributed by atoms with E-state index < -0.39 is 5.97 Å². The van der Waals surface area contributed by atoms with Crippen LogP contribution in [0.5, 0.6) is 0 Å². The Morgan fingerprint density at radius 2 is 2.12 bits per heavy atom. The Morgan fingerprint density at radius 1 is 1.36 bits per heavy atom. The zero-order chi connectivity index (χ0) is 17.8. The maximum Gasteiger partial charge on any atom is 0.331 e. The molecule has 0 unspecified atom stereocenters. The number of hydrogen-bond donors (Lipinski definition) is 1. The normalized spacial score (nSPS) is 11.1. The van der Waals surface area contributed by atoms with E-state index in [1.165, 1.54) is 17.4 Å². The monoisotopic (exact) mass is 375 g/mol. The first kappa shape index (κ1) is 17.2. The first-order valence-electron chi connectivity index (χ1n) is 7.35. The first-order valence-corrected chi connectivity index (χ1v) is 8.61. The minimum Gasteiger partial charge on any atom is -0.456 e. The summed E-state index contributed by atoms with van der Waals surface area (Å²) < 4.78 is 7.01. The number of benzene rings is 1. The van der Waals surface area contributed by atoms with Gasteiger partial charge < -0.3 is 10.1 Å². The summed E-state index contributed by atoms with van der Waals surface area (Å²) in [5.74, 6) is -0.649. The Bertz CT molecular complexity index is 944. The molecule has 3 rings (SSSR count). The maximum absolute atomic E-state index is 11.9. The molecule has 6 nitrogen and oxygen atoms in total. The molecule has 128 valence electrons. The van der Waals surface area contributed by atoms with Gasteiger partial charge in [-0.25, -0.2) is 9.78 Å². The average molecular weight is 376 g/mol. The number of thiazole rings is 1. The van der Waals surface area contributed by atoms with Crippen molar-refractivity contribution in [2.75, 3.05) is 7.05 Å². The molecule has 0 saturated carbocycles. The number of ether oxygens (including phenoxy) is 1. The molecule has 2 aromatic heterocycles. The number of carbonyl (C=O) groups is 2. The van der Waals surface area contributed by atoms with E-state index in [1.807, 2.05) is 11.6 Å². The topological polar surface area (TPSA) is 72.7 Å². The van der Waals surface area contributed by atoms with Gasteiger partial charge in [0.25, 0.3) is 5.91 Å². The molecule has 0 aliphatic carbocycles. The molecule has 0 fully saturated rings. The fourth-order valence-corrected chi connectivity index (χ4v) is 3.19. The zero-order valence-electron chi connectivity index (χ0n) is 13.2. The number of nitrogens with one attached hydrogen (secondary N) is 1. The van der Waals surface area contributed by atoms with Gasteiger partial charge in [0.2, 0.25) is 0 Å². The van der Waals surface area contributed by atoms with E-state index in [9.17, 15) is 9.59 Å². The van der Waals surface area contributed by atoms with E-state index in [0.29, 0.717) is 16.4 Å². The second kappa shape index (κ2) is 7.50. The van der Waals surface area contributed by atoms with Crippen LogP contribution in [0.15, 0.2) is 41.9 Å². The van der Waals surface area contributed by atoms with Crippen molar-refractivity contribution < 1.29 is 14.3 Å². The fraction of sp³-hybridized carbons (Fsp3) is 0.118. The van der Waals surface area contributed by atoms with E-state index in [4.69, 9.17) is 16.3 Å². The number of halogens is 1. The number of aromatic nitrogens is 2. The van der Waals surface area contributed by atoms with Gasteiger partial charge in [-0.2, -0.15) is 0 Å². The van der Waals surface area contributed by atoms with Crippen LogP contribution in [-0.4, -0.2) is 28.3 Å². The minimum absolute atomic E-state index is 0.0372. The van der Waals surface area contributed by atoms with Crippen LogP contribution in [-0.2, 0) is 16.1 Å². The standard InChI is InChI=1S/C17H14ClN3O3S/c1-19-16(23)12-5-2-11(3-6-12)4-7-14(22)24-10-13-15(18)20-17-21(13)8-9-25-17/h2-9H,10H2,1H3,(H,19,23)/b7-4-. The van der Waals surface area contributed by atoms with Crippen molar-refractivity contribution in [2.45, 2.75) is 6.61 Å². The second-order valence-corrected chi connectivity index (χ2v) is 6.28. The van der Waals surface area contributed by atoms with Crippen LogP contribution in [0.25, 0.3) is 11.0 Å². The number of nitrogens with zero attached hydrogens (tertiary/aromatic N) is 2. The summed E-state index contributed by atoms with van der Waals surface area (Å²) >= 11 is 7.50. The van der Waals surface area contributed by atoms with Crippen LogP contribution in [0.4, 0.5) is 0 Å². The lowest BCUT2D eigenvalue weighted by atomic mass is 10.1. The molecule has 3 aromatic rings. The third-order valence-electron chi connectivity index (χ3n) is 3.48. The number of amides is 1. The quantitative estimate of drug-likeness (QED) is 0.549. The summed E-state index contributed by atoms with van der Waals surface area (Å²) in [6, 6.07) is 6.86. The molecular formula is C17H14ClN3O3S. The molecule has 0 radical (unpaired) electrons. The molecule has 25 heavy (non-hydrogen) atoms. The van der Waals surface area contributed by atoms with Crippen LogP contribution in [0.2, 0.25) is 5.15 Å². The molecule has 0 bridgehead atoms. The average Bonchev–Trinajstić information content (AvgIpc) is 3.18. The van der Waals surface area contributed by atoms with Gasteiger partial charge in [-0.1, -0.05) is 23.7 Å². The Balaban J connectivity index is 1.60. The Kier molecular flexibility index (Phi) is 5.16. The molecule has 1 aromatic carbocycles. The first-order chi connectivity index (χ1) is 12.1. The number of carbonyl (C=O) groups excluding carboxylic acids is 2. The molecule has 1 N–H and O–H groups in total. The van der Waals surface area contributed by atoms with Gasteiger partial charge in [0.15, 0.2) is 10.1 Å². The highest BCUT2D eigenvalue weighted by Gasteiger charge is 2.12. The van der Waals surface area contributed by atoms with E-state index in [2.05, 4.69) is 10.3 Å². The highest BCUT2D eigenvalue weighted by atomic mass is 35.5. The van der Waals surface area contributed by atoms with Crippen molar-refractivity contribution in [1.29, 1.82) is 0 Å². The zero-order valence-corrected chi connectivity index (χ0v) is 14.8. The molecule has 0 aliphatic heterocycles. The van der Waals surface area contributed by atoms with Gasteiger partial charge in [-0.3, -0.25) is 9.20 Å². The lowest BCUT2D eigenvalue weighted by molar-refractivity contribution is -0.139. The van der Waals surface area contributed by atoms with Gasteiger partial charge in [-0.05, 0) is 23.8 Å². The number of rotatable bonds is 5. The highest BCUT2D eigenvalue weighted by Crippen LogP contribution is 2.22. The van der Waals surface area contributed by atoms with Crippen molar-refractivity contribution in [3.05, 3.63) is 63.9 Å². The SMILES string of the molecule is CNC(=O)c1ccc(/C=C\C(=O)OCc2c(Cl)nc3sccn23)cc1. The van der Waals surface area contributed by atoms with Crippen LogP contribution in [0.3, 0.4) is 0 Å². The summed E-state index contributed by atoms with van der Waals surface area (Å²) in [6.07, 6.45) is 4.77. The van der Waals surface area contributed by atoms with Gasteiger partial charge in [0, 0.05) is 30.3 Å². The number of hydrogen-bond acceptors (Lipinski definition) is 5. The third-order valence-corrected chi connectivity index (χ3v) is 4.53. The summed E-state index contributed by atoms with van der Waals surface area (Å²) in [7, 11) is 1.57. The van der Waals surface area contributed by atoms with E-state index in [-0.39, 0.29) is 12.5 Å². The van der Waals surface area contributed by atoms with Crippen molar-refractivity contribution in [3.8, 4) is 0 Å². The molecule has 0 saturated heterocycles. The summed E-state index contributed by atoms with van der Waals surface area (Å²) in [6.45, 7) is 0.0372. The van der Waals surface area contributed by atoms with Crippen LogP contribution >= 0.6 is 22.9 Å². The number of esters is 1. The molecule has 1 amide bonds. The van der Waals surface area contributed by atoms with Crippen molar-refractivity contribution in [3.63, 3.8) is 0 Å². The van der Waals surface area contributed by atoms with Gasteiger partial charge in [-0.15, -0.1) is 11.3 Å². The lowest BCUT2D eigenvalue weighted by Gasteiger charge is -2.02. The summed E-state index contributed by atoms with van der Waals surface area (Å²) in [4.78, 5) is 28.3. The summed E-state index contributed by atoms with van der Waals surface area (Å²) in [5, 5.41) is 4.76. The molecule has 0 spiro atoms. The Morgan fingerprint density at radius 3 is 2.84 bits per heavy atom. The number of fused-ring (bicyclic) bond motifs is 1. The van der Waals surface area contributed by atoms with E-state index in [0.717, 1.165) is 10.5 Å². The van der Waals surface area contributed by atoms with Crippen molar-refractivity contribution in [1.82, 2.24) is 14.7 Å². The largest absolute Gasteiger partial charge is 0.456 e. The lowest BCUT2D eigenvalue weighted by Crippen LogP contribution is -2.17.